The minimum atomic E-state index is -0.138. The molecule has 0 radical (unpaired) electrons. The summed E-state index contributed by atoms with van der Waals surface area (Å²) in [6.07, 6.45) is 6.86. The van der Waals surface area contributed by atoms with Crippen LogP contribution in [0.2, 0.25) is 0 Å². The van der Waals surface area contributed by atoms with E-state index >= 15 is 0 Å². The van der Waals surface area contributed by atoms with Crippen molar-refractivity contribution in [2.75, 3.05) is 17.2 Å². The van der Waals surface area contributed by atoms with Crippen LogP contribution in [0.3, 0.4) is 0 Å². The first kappa shape index (κ1) is 19.0. The van der Waals surface area contributed by atoms with Crippen LogP contribution >= 0.6 is 0 Å². The molecule has 0 spiro atoms. The molecule has 2 aromatic rings. The largest absolute Gasteiger partial charge is 0.384 e. The van der Waals surface area contributed by atoms with Crippen molar-refractivity contribution in [2.45, 2.75) is 52.4 Å². The van der Waals surface area contributed by atoms with Crippen LogP contribution in [-0.2, 0) is 5.41 Å². The van der Waals surface area contributed by atoms with Crippen LogP contribution in [0.5, 0.6) is 0 Å². The molecule has 1 aromatic carbocycles. The summed E-state index contributed by atoms with van der Waals surface area (Å²) in [7, 11) is 0. The Kier molecular flexibility index (Phi) is 6.57. The van der Waals surface area contributed by atoms with Gasteiger partial charge in [-0.1, -0.05) is 58.7 Å². The normalized spacial score (nSPS) is 11.2. The number of unbranched alkanes of at least 4 members (excludes halogenated alkanes) is 2. The van der Waals surface area contributed by atoms with Gasteiger partial charge in [-0.3, -0.25) is 9.78 Å². The van der Waals surface area contributed by atoms with Crippen molar-refractivity contribution in [2.24, 2.45) is 0 Å². The molecule has 0 saturated carbocycles. The van der Waals surface area contributed by atoms with E-state index in [0.717, 1.165) is 29.9 Å². The molecular weight excluding hydrogens is 310 g/mol. The van der Waals surface area contributed by atoms with Gasteiger partial charge in [0.1, 0.15) is 0 Å². The summed E-state index contributed by atoms with van der Waals surface area (Å²) in [4.78, 5) is 16.8. The van der Waals surface area contributed by atoms with Gasteiger partial charge in [0.05, 0.1) is 11.3 Å². The number of nitrogens with one attached hydrogen (secondary N) is 2. The standard InChI is InChI=1S/C21H29N3O/c1-5-6-9-12-23-17-13-16(14-22-15-17)20(25)24-19-11-8-7-10-18(19)21(2,3)4/h7-8,10-11,13-15,23H,5-6,9,12H2,1-4H3,(H,24,25). The van der Waals surface area contributed by atoms with Gasteiger partial charge in [-0.25, -0.2) is 0 Å². The van der Waals surface area contributed by atoms with E-state index in [2.05, 4.69) is 49.4 Å². The van der Waals surface area contributed by atoms with Crippen molar-refractivity contribution in [3.63, 3.8) is 0 Å². The number of carbonyl (C=O) groups excluding carboxylic acids is 1. The number of amides is 1. The maximum Gasteiger partial charge on any atom is 0.257 e. The van der Waals surface area contributed by atoms with E-state index in [-0.39, 0.29) is 11.3 Å². The van der Waals surface area contributed by atoms with Crippen LogP contribution in [0, 0.1) is 0 Å². The number of nitrogens with zero attached hydrogens (tertiary/aromatic N) is 1. The third-order valence-electron chi connectivity index (χ3n) is 4.09. The number of hydrogen-bond acceptors (Lipinski definition) is 3. The van der Waals surface area contributed by atoms with Gasteiger partial charge in [0.2, 0.25) is 0 Å². The maximum atomic E-state index is 12.6. The fraction of sp³-hybridized carbons (Fsp3) is 0.429. The van der Waals surface area contributed by atoms with E-state index in [9.17, 15) is 4.79 Å². The molecule has 1 amide bonds. The number of hydrogen-bond donors (Lipinski definition) is 2. The zero-order chi connectivity index (χ0) is 18.3. The Morgan fingerprint density at radius 3 is 2.60 bits per heavy atom. The first-order valence-electron chi connectivity index (χ1n) is 9.01. The van der Waals surface area contributed by atoms with Crippen LogP contribution in [0.25, 0.3) is 0 Å². The summed E-state index contributed by atoms with van der Waals surface area (Å²) in [5.74, 6) is -0.138. The van der Waals surface area contributed by atoms with Gasteiger partial charge in [-0.15, -0.1) is 0 Å². The fourth-order valence-electron chi connectivity index (χ4n) is 2.71. The minimum absolute atomic E-state index is 0.0369. The van der Waals surface area contributed by atoms with E-state index in [4.69, 9.17) is 0 Å². The molecule has 0 aliphatic heterocycles. The summed E-state index contributed by atoms with van der Waals surface area (Å²) in [6.45, 7) is 9.50. The lowest BCUT2D eigenvalue weighted by Crippen LogP contribution is -2.19. The lowest BCUT2D eigenvalue weighted by Gasteiger charge is -2.23. The summed E-state index contributed by atoms with van der Waals surface area (Å²) < 4.78 is 0. The summed E-state index contributed by atoms with van der Waals surface area (Å²) in [6, 6.07) is 9.79. The number of rotatable bonds is 7. The van der Waals surface area contributed by atoms with Gasteiger partial charge in [0.15, 0.2) is 0 Å². The molecule has 0 atom stereocenters. The van der Waals surface area contributed by atoms with Crippen LogP contribution in [0.4, 0.5) is 11.4 Å². The highest BCUT2D eigenvalue weighted by atomic mass is 16.1. The van der Waals surface area contributed by atoms with Crippen molar-refractivity contribution in [3.8, 4) is 0 Å². The highest BCUT2D eigenvalue weighted by Crippen LogP contribution is 2.29. The topological polar surface area (TPSA) is 54.0 Å². The monoisotopic (exact) mass is 339 g/mol. The molecular formula is C21H29N3O. The molecule has 4 nitrogen and oxygen atoms in total. The zero-order valence-electron chi connectivity index (χ0n) is 15.7. The minimum Gasteiger partial charge on any atom is -0.384 e. The smallest absolute Gasteiger partial charge is 0.257 e. The van der Waals surface area contributed by atoms with Gasteiger partial charge in [-0.2, -0.15) is 0 Å². The Morgan fingerprint density at radius 1 is 1.12 bits per heavy atom. The van der Waals surface area contributed by atoms with Crippen molar-refractivity contribution >= 4 is 17.3 Å². The van der Waals surface area contributed by atoms with Crippen LogP contribution in [0.15, 0.2) is 42.7 Å². The average molecular weight is 339 g/mol. The number of aromatic nitrogens is 1. The molecule has 25 heavy (non-hydrogen) atoms. The molecule has 0 aliphatic carbocycles. The van der Waals surface area contributed by atoms with E-state index in [1.165, 1.54) is 12.8 Å². The molecule has 2 rings (SSSR count). The average Bonchev–Trinajstić information content (AvgIpc) is 2.58. The molecule has 2 N–H and O–H groups in total. The van der Waals surface area contributed by atoms with E-state index in [1.54, 1.807) is 12.4 Å². The lowest BCUT2D eigenvalue weighted by atomic mass is 9.86. The molecule has 4 heteroatoms. The second kappa shape index (κ2) is 8.65. The summed E-state index contributed by atoms with van der Waals surface area (Å²) in [5, 5.41) is 6.36. The second-order valence-electron chi connectivity index (χ2n) is 7.35. The number of para-hydroxylation sites is 1. The molecule has 0 saturated heterocycles. The van der Waals surface area contributed by atoms with E-state index < -0.39 is 0 Å². The third-order valence-corrected chi connectivity index (χ3v) is 4.09. The van der Waals surface area contributed by atoms with E-state index in [1.807, 2.05) is 24.3 Å². The van der Waals surface area contributed by atoms with Gasteiger partial charge in [0.25, 0.3) is 5.91 Å². The quantitative estimate of drug-likeness (QED) is 0.679. The van der Waals surface area contributed by atoms with E-state index in [0.29, 0.717) is 5.56 Å². The predicted molar refractivity (Wildman–Crippen MR) is 105 cm³/mol. The fourth-order valence-corrected chi connectivity index (χ4v) is 2.71. The molecule has 1 aromatic heterocycles. The van der Waals surface area contributed by atoms with Crippen molar-refractivity contribution in [1.29, 1.82) is 0 Å². The van der Waals surface area contributed by atoms with Gasteiger partial charge in [-0.05, 0) is 29.5 Å². The van der Waals surface area contributed by atoms with Gasteiger partial charge < -0.3 is 10.6 Å². The molecule has 134 valence electrons. The predicted octanol–water partition coefficient (Wildman–Crippen LogP) is 5.23. The Balaban J connectivity index is 2.09. The summed E-state index contributed by atoms with van der Waals surface area (Å²) >= 11 is 0. The van der Waals surface area contributed by atoms with Crippen molar-refractivity contribution in [3.05, 3.63) is 53.9 Å². The SMILES string of the molecule is CCCCCNc1cncc(C(=O)Nc2ccccc2C(C)(C)C)c1. The molecule has 1 heterocycles. The first-order chi connectivity index (χ1) is 11.9. The highest BCUT2D eigenvalue weighted by molar-refractivity contribution is 6.05. The van der Waals surface area contributed by atoms with Crippen LogP contribution in [-0.4, -0.2) is 17.4 Å². The van der Waals surface area contributed by atoms with Crippen LogP contribution in [0.1, 0.15) is 62.9 Å². The first-order valence-corrected chi connectivity index (χ1v) is 9.01. The van der Waals surface area contributed by atoms with Crippen LogP contribution < -0.4 is 10.6 Å². The number of benzene rings is 1. The molecule has 0 aliphatic rings. The third kappa shape index (κ3) is 5.59. The molecule has 0 unspecified atom stereocenters. The summed E-state index contributed by atoms with van der Waals surface area (Å²) in [5.41, 5.74) is 3.37. The zero-order valence-corrected chi connectivity index (χ0v) is 15.7. The molecule has 0 fully saturated rings. The Morgan fingerprint density at radius 2 is 1.88 bits per heavy atom. The second-order valence-corrected chi connectivity index (χ2v) is 7.35. The van der Waals surface area contributed by atoms with Crippen molar-refractivity contribution < 1.29 is 4.79 Å². The highest BCUT2D eigenvalue weighted by Gasteiger charge is 2.19. The Hall–Kier alpha value is -2.36. The van der Waals surface area contributed by atoms with Crippen molar-refractivity contribution in [1.82, 2.24) is 4.98 Å². The Bertz CT molecular complexity index is 704. The lowest BCUT2D eigenvalue weighted by molar-refractivity contribution is 0.102. The molecule has 0 bridgehead atoms. The maximum absolute atomic E-state index is 12.6. The number of pyridine rings is 1. The Labute approximate surface area is 151 Å². The van der Waals surface area contributed by atoms with Gasteiger partial charge in [0, 0.05) is 24.6 Å². The van der Waals surface area contributed by atoms with Gasteiger partial charge >= 0.3 is 0 Å². The number of carbonyl (C=O) groups is 1. The number of anilines is 2.